The van der Waals surface area contributed by atoms with Gasteiger partial charge in [-0.3, -0.25) is 4.98 Å². The Morgan fingerprint density at radius 3 is 2.71 bits per heavy atom. The van der Waals surface area contributed by atoms with Crippen LogP contribution in [0.5, 0.6) is 0 Å². The highest BCUT2D eigenvalue weighted by atomic mass is 79.9. The fourth-order valence-corrected chi connectivity index (χ4v) is 2.01. The Kier molecular flexibility index (Phi) is 3.74. The van der Waals surface area contributed by atoms with Gasteiger partial charge in [-0.2, -0.15) is 0 Å². The number of halogens is 1. The normalized spacial score (nSPS) is 10.3. The Labute approximate surface area is 110 Å². The molecule has 2 rings (SSSR count). The first-order chi connectivity index (χ1) is 8.16. The van der Waals surface area contributed by atoms with E-state index in [-0.39, 0.29) is 0 Å². The molecule has 0 unspecified atom stereocenters. The molecule has 0 aliphatic heterocycles. The van der Waals surface area contributed by atoms with Gasteiger partial charge in [-0.05, 0) is 18.6 Å². The van der Waals surface area contributed by atoms with E-state index in [9.17, 15) is 0 Å². The minimum Gasteiger partial charge on any atom is -0.354 e. The number of rotatable bonds is 3. The summed E-state index contributed by atoms with van der Waals surface area (Å²) in [6, 6.07) is 8.20. The van der Waals surface area contributed by atoms with Crippen LogP contribution in [0, 0.1) is 6.92 Å². The van der Waals surface area contributed by atoms with Gasteiger partial charge in [0.1, 0.15) is 5.82 Å². The van der Waals surface area contributed by atoms with Crippen molar-refractivity contribution in [1.82, 2.24) is 9.97 Å². The molecule has 0 N–H and O–H groups in total. The van der Waals surface area contributed by atoms with Gasteiger partial charge in [-0.15, -0.1) is 0 Å². The lowest BCUT2D eigenvalue weighted by Gasteiger charge is -2.18. The number of benzene rings is 1. The van der Waals surface area contributed by atoms with Gasteiger partial charge in [0.15, 0.2) is 0 Å². The molecule has 1 aromatic heterocycles. The summed E-state index contributed by atoms with van der Waals surface area (Å²) in [6.45, 7) is 2.75. The summed E-state index contributed by atoms with van der Waals surface area (Å²) in [5.41, 5.74) is 2.17. The lowest BCUT2D eigenvalue weighted by molar-refractivity contribution is 0.879. The average molecular weight is 292 g/mol. The Morgan fingerprint density at radius 2 is 2.00 bits per heavy atom. The SMILES string of the molecule is Cc1cncc(N(C)Cc2ccccc2Br)n1. The van der Waals surface area contributed by atoms with Gasteiger partial charge in [-0.1, -0.05) is 34.1 Å². The first kappa shape index (κ1) is 12.0. The molecule has 1 heterocycles. The van der Waals surface area contributed by atoms with Crippen LogP contribution >= 0.6 is 15.9 Å². The van der Waals surface area contributed by atoms with Crippen LogP contribution in [0.2, 0.25) is 0 Å². The Balaban J connectivity index is 2.17. The Morgan fingerprint density at radius 1 is 1.24 bits per heavy atom. The molecule has 0 atom stereocenters. The lowest BCUT2D eigenvalue weighted by atomic mass is 10.2. The summed E-state index contributed by atoms with van der Waals surface area (Å²) in [5, 5.41) is 0. The highest BCUT2D eigenvalue weighted by Gasteiger charge is 2.06. The quantitative estimate of drug-likeness (QED) is 0.870. The van der Waals surface area contributed by atoms with E-state index < -0.39 is 0 Å². The maximum Gasteiger partial charge on any atom is 0.147 e. The second-order valence-corrected chi connectivity index (χ2v) is 4.82. The number of hydrogen-bond donors (Lipinski definition) is 0. The zero-order valence-corrected chi connectivity index (χ0v) is 11.5. The van der Waals surface area contributed by atoms with Crippen LogP contribution in [0.4, 0.5) is 5.82 Å². The number of hydrogen-bond acceptors (Lipinski definition) is 3. The third-order valence-corrected chi connectivity index (χ3v) is 3.27. The van der Waals surface area contributed by atoms with Crippen molar-refractivity contribution >= 4 is 21.7 Å². The van der Waals surface area contributed by atoms with Crippen LogP contribution in [-0.2, 0) is 6.54 Å². The molecule has 4 heteroatoms. The van der Waals surface area contributed by atoms with Crippen molar-refractivity contribution in [2.45, 2.75) is 13.5 Å². The van der Waals surface area contributed by atoms with Crippen LogP contribution in [-0.4, -0.2) is 17.0 Å². The maximum atomic E-state index is 4.45. The van der Waals surface area contributed by atoms with Crippen molar-refractivity contribution in [1.29, 1.82) is 0 Å². The molecule has 0 aliphatic carbocycles. The minimum atomic E-state index is 0.805. The van der Waals surface area contributed by atoms with Gasteiger partial charge in [0, 0.05) is 24.3 Å². The van der Waals surface area contributed by atoms with Crippen LogP contribution in [0.15, 0.2) is 41.1 Å². The number of nitrogens with zero attached hydrogens (tertiary/aromatic N) is 3. The molecule has 0 saturated carbocycles. The van der Waals surface area contributed by atoms with Gasteiger partial charge in [0.25, 0.3) is 0 Å². The standard InChI is InChI=1S/C13H14BrN3/c1-10-7-15-8-13(16-10)17(2)9-11-5-3-4-6-12(11)14/h3-8H,9H2,1-2H3. The Hall–Kier alpha value is -1.42. The van der Waals surface area contributed by atoms with Crippen molar-refractivity contribution in [3.8, 4) is 0 Å². The molecule has 0 fully saturated rings. The third kappa shape index (κ3) is 3.03. The molecule has 3 nitrogen and oxygen atoms in total. The van der Waals surface area contributed by atoms with Gasteiger partial charge in [0.2, 0.25) is 0 Å². The van der Waals surface area contributed by atoms with Gasteiger partial charge in [-0.25, -0.2) is 4.98 Å². The molecule has 17 heavy (non-hydrogen) atoms. The zero-order chi connectivity index (χ0) is 12.3. The highest BCUT2D eigenvalue weighted by Crippen LogP contribution is 2.19. The zero-order valence-electron chi connectivity index (χ0n) is 9.89. The predicted molar refractivity (Wildman–Crippen MR) is 73.0 cm³/mol. The van der Waals surface area contributed by atoms with Crippen molar-refractivity contribution in [2.24, 2.45) is 0 Å². The largest absolute Gasteiger partial charge is 0.354 e. The van der Waals surface area contributed by atoms with Crippen LogP contribution in [0.3, 0.4) is 0 Å². The lowest BCUT2D eigenvalue weighted by Crippen LogP contribution is -2.18. The first-order valence-corrected chi connectivity index (χ1v) is 6.19. The van der Waals surface area contributed by atoms with E-state index in [0.29, 0.717) is 0 Å². The number of aromatic nitrogens is 2. The van der Waals surface area contributed by atoms with Gasteiger partial charge >= 0.3 is 0 Å². The van der Waals surface area contributed by atoms with Crippen LogP contribution in [0.25, 0.3) is 0 Å². The fraction of sp³-hybridized carbons (Fsp3) is 0.231. The average Bonchev–Trinajstić information content (AvgIpc) is 2.32. The second kappa shape index (κ2) is 5.27. The summed E-state index contributed by atoms with van der Waals surface area (Å²) >= 11 is 3.55. The highest BCUT2D eigenvalue weighted by molar-refractivity contribution is 9.10. The first-order valence-electron chi connectivity index (χ1n) is 5.40. The van der Waals surface area contributed by atoms with Gasteiger partial charge < -0.3 is 4.90 Å². The van der Waals surface area contributed by atoms with E-state index in [2.05, 4.69) is 36.9 Å². The molecular formula is C13H14BrN3. The van der Waals surface area contributed by atoms with E-state index in [4.69, 9.17) is 0 Å². The fourth-order valence-electron chi connectivity index (χ4n) is 1.60. The van der Waals surface area contributed by atoms with Crippen molar-refractivity contribution < 1.29 is 0 Å². The summed E-state index contributed by atoms with van der Waals surface area (Å²) in [5.74, 6) is 0.890. The van der Waals surface area contributed by atoms with E-state index in [1.807, 2.05) is 32.2 Å². The van der Waals surface area contributed by atoms with E-state index >= 15 is 0 Å². The summed E-state index contributed by atoms with van der Waals surface area (Å²) in [4.78, 5) is 10.7. The van der Waals surface area contributed by atoms with E-state index in [1.54, 1.807) is 12.4 Å². The number of aryl methyl sites for hydroxylation is 1. The molecule has 1 aromatic carbocycles. The monoisotopic (exact) mass is 291 g/mol. The smallest absolute Gasteiger partial charge is 0.147 e. The topological polar surface area (TPSA) is 29.0 Å². The van der Waals surface area contributed by atoms with Gasteiger partial charge in [0.05, 0.1) is 11.9 Å². The molecule has 0 saturated heterocycles. The summed E-state index contributed by atoms with van der Waals surface area (Å²) in [7, 11) is 2.02. The van der Waals surface area contributed by atoms with Crippen LogP contribution in [0.1, 0.15) is 11.3 Å². The molecule has 0 bridgehead atoms. The molecule has 88 valence electrons. The van der Waals surface area contributed by atoms with Crippen molar-refractivity contribution in [3.63, 3.8) is 0 Å². The molecular weight excluding hydrogens is 278 g/mol. The third-order valence-electron chi connectivity index (χ3n) is 2.50. The Bertz CT molecular complexity index is 514. The van der Waals surface area contributed by atoms with Crippen molar-refractivity contribution in [3.05, 3.63) is 52.4 Å². The van der Waals surface area contributed by atoms with E-state index in [1.165, 1.54) is 5.56 Å². The molecule has 0 amide bonds. The maximum absolute atomic E-state index is 4.45. The summed E-state index contributed by atoms with van der Waals surface area (Å²) < 4.78 is 1.12. The van der Waals surface area contributed by atoms with E-state index in [0.717, 1.165) is 22.5 Å². The predicted octanol–water partition coefficient (Wildman–Crippen LogP) is 3.18. The molecule has 0 spiro atoms. The number of anilines is 1. The molecule has 0 radical (unpaired) electrons. The second-order valence-electron chi connectivity index (χ2n) is 3.97. The molecule has 0 aliphatic rings. The minimum absolute atomic E-state index is 0.805. The van der Waals surface area contributed by atoms with Crippen LogP contribution < -0.4 is 4.90 Å². The molecule has 2 aromatic rings. The summed E-state index contributed by atoms with van der Waals surface area (Å²) in [6.07, 6.45) is 3.54. The van der Waals surface area contributed by atoms with Crippen molar-refractivity contribution in [2.75, 3.05) is 11.9 Å².